The molecule has 2 unspecified atom stereocenters. The third kappa shape index (κ3) is 4.33. The Morgan fingerprint density at radius 2 is 1.75 bits per heavy atom. The SMILES string of the molecule is O=C(CCCCC(=O)N1CCC2CCCCC2C1)N=S. The minimum absolute atomic E-state index is 0.240. The van der Waals surface area contributed by atoms with Gasteiger partial charge in [0.2, 0.25) is 5.91 Å². The summed E-state index contributed by atoms with van der Waals surface area (Å²) in [5.74, 6) is 1.62. The highest BCUT2D eigenvalue weighted by Gasteiger charge is 2.32. The van der Waals surface area contributed by atoms with Gasteiger partial charge in [-0.2, -0.15) is 0 Å². The number of piperidine rings is 1. The number of unbranched alkanes of at least 4 members (excludes halogenated alkanes) is 1. The van der Waals surface area contributed by atoms with Gasteiger partial charge < -0.3 is 4.90 Å². The van der Waals surface area contributed by atoms with Crippen LogP contribution in [0.3, 0.4) is 0 Å². The highest BCUT2D eigenvalue weighted by molar-refractivity contribution is 7.47. The Kier molecular flexibility index (Phi) is 6.07. The van der Waals surface area contributed by atoms with E-state index in [2.05, 4.69) is 16.8 Å². The average Bonchev–Trinajstić information content (AvgIpc) is 2.50. The Labute approximate surface area is 126 Å². The van der Waals surface area contributed by atoms with Gasteiger partial charge in [0.15, 0.2) is 0 Å². The zero-order chi connectivity index (χ0) is 14.4. The van der Waals surface area contributed by atoms with Crippen molar-refractivity contribution in [1.82, 2.24) is 4.90 Å². The molecule has 0 spiro atoms. The number of hydrogen-bond acceptors (Lipinski definition) is 3. The number of hydrogen-bond donors (Lipinski definition) is 0. The van der Waals surface area contributed by atoms with Crippen molar-refractivity contribution in [3.05, 3.63) is 0 Å². The molecule has 0 N–H and O–H groups in total. The molecule has 1 saturated heterocycles. The zero-order valence-corrected chi connectivity index (χ0v) is 12.9. The lowest BCUT2D eigenvalue weighted by atomic mass is 9.75. The lowest BCUT2D eigenvalue weighted by Crippen LogP contribution is -2.44. The highest BCUT2D eigenvalue weighted by Crippen LogP contribution is 2.36. The van der Waals surface area contributed by atoms with Crippen LogP contribution < -0.4 is 0 Å². The predicted molar refractivity (Wildman–Crippen MR) is 79.9 cm³/mol. The van der Waals surface area contributed by atoms with E-state index in [0.717, 1.165) is 31.3 Å². The molecule has 4 nitrogen and oxygen atoms in total. The summed E-state index contributed by atoms with van der Waals surface area (Å²) in [6.45, 7) is 1.89. The summed E-state index contributed by atoms with van der Waals surface area (Å²) in [5, 5.41) is 0. The van der Waals surface area contributed by atoms with E-state index in [-0.39, 0.29) is 11.8 Å². The largest absolute Gasteiger partial charge is 0.342 e. The molecule has 1 heterocycles. The van der Waals surface area contributed by atoms with Gasteiger partial charge in [-0.25, -0.2) is 0 Å². The van der Waals surface area contributed by atoms with E-state index in [4.69, 9.17) is 0 Å². The fraction of sp³-hybridized carbons (Fsp3) is 0.867. The van der Waals surface area contributed by atoms with E-state index >= 15 is 0 Å². The lowest BCUT2D eigenvalue weighted by molar-refractivity contribution is -0.134. The Morgan fingerprint density at radius 1 is 1.05 bits per heavy atom. The Morgan fingerprint density at radius 3 is 2.50 bits per heavy atom. The van der Waals surface area contributed by atoms with Crippen molar-refractivity contribution in [2.75, 3.05) is 13.1 Å². The number of fused-ring (bicyclic) bond motifs is 1. The monoisotopic (exact) mass is 296 g/mol. The Balaban J connectivity index is 1.67. The van der Waals surface area contributed by atoms with Crippen LogP contribution in [0, 0.1) is 11.8 Å². The maximum atomic E-state index is 12.2. The zero-order valence-electron chi connectivity index (χ0n) is 12.1. The number of rotatable bonds is 5. The van der Waals surface area contributed by atoms with Crippen molar-refractivity contribution < 1.29 is 9.59 Å². The minimum atomic E-state index is -0.240. The normalized spacial score (nSPS) is 25.9. The van der Waals surface area contributed by atoms with Gasteiger partial charge >= 0.3 is 0 Å². The third-order valence-electron chi connectivity index (χ3n) is 4.78. The van der Waals surface area contributed by atoms with Gasteiger partial charge in [0.1, 0.15) is 0 Å². The first kappa shape index (κ1) is 15.5. The van der Waals surface area contributed by atoms with E-state index in [1.165, 1.54) is 32.1 Å². The Hall–Kier alpha value is -0.840. The molecule has 112 valence electrons. The van der Waals surface area contributed by atoms with E-state index in [1.807, 2.05) is 4.90 Å². The second-order valence-electron chi connectivity index (χ2n) is 6.13. The van der Waals surface area contributed by atoms with Crippen LogP contribution in [0.5, 0.6) is 0 Å². The fourth-order valence-corrected chi connectivity index (χ4v) is 3.67. The van der Waals surface area contributed by atoms with Crippen molar-refractivity contribution in [3.8, 4) is 0 Å². The van der Waals surface area contributed by atoms with Crippen LogP contribution in [-0.4, -0.2) is 29.8 Å². The van der Waals surface area contributed by atoms with Gasteiger partial charge in [0.05, 0.1) is 0 Å². The van der Waals surface area contributed by atoms with Crippen molar-refractivity contribution in [2.24, 2.45) is 16.2 Å². The number of likely N-dealkylation sites (tertiary alicyclic amines) is 1. The van der Waals surface area contributed by atoms with Crippen LogP contribution in [0.15, 0.2) is 4.36 Å². The number of nitrogens with zero attached hydrogens (tertiary/aromatic N) is 2. The summed E-state index contributed by atoms with van der Waals surface area (Å²) >= 11 is 4.33. The number of carbonyl (C=O) groups excluding carboxylic acids is 2. The molecule has 0 aromatic carbocycles. The van der Waals surface area contributed by atoms with E-state index in [1.54, 1.807) is 0 Å². The molecule has 2 fully saturated rings. The number of carbonyl (C=O) groups is 2. The summed E-state index contributed by atoms with van der Waals surface area (Å²) in [6, 6.07) is 0. The molecule has 0 aromatic heterocycles. The summed E-state index contributed by atoms with van der Waals surface area (Å²) in [6.07, 6.45) is 8.95. The van der Waals surface area contributed by atoms with Crippen LogP contribution in [0.4, 0.5) is 0 Å². The van der Waals surface area contributed by atoms with Gasteiger partial charge in [0, 0.05) is 38.4 Å². The molecule has 1 saturated carbocycles. The van der Waals surface area contributed by atoms with Crippen molar-refractivity contribution in [2.45, 2.75) is 57.8 Å². The second kappa shape index (κ2) is 7.81. The smallest absolute Gasteiger partial charge is 0.256 e. The molecule has 0 bridgehead atoms. The van der Waals surface area contributed by atoms with Crippen LogP contribution in [0.1, 0.15) is 57.8 Å². The molecule has 0 aromatic rings. The first-order valence-electron chi connectivity index (χ1n) is 7.84. The third-order valence-corrected chi connectivity index (χ3v) is 4.98. The molecule has 2 aliphatic rings. The van der Waals surface area contributed by atoms with E-state index in [0.29, 0.717) is 19.3 Å². The lowest BCUT2D eigenvalue weighted by Gasteiger charge is -2.41. The van der Waals surface area contributed by atoms with Gasteiger partial charge in [0.25, 0.3) is 5.91 Å². The first-order valence-corrected chi connectivity index (χ1v) is 8.21. The summed E-state index contributed by atoms with van der Waals surface area (Å²) < 4.78 is 3.19. The van der Waals surface area contributed by atoms with Gasteiger partial charge in [-0.3, -0.25) is 9.59 Å². The highest BCUT2D eigenvalue weighted by atomic mass is 32.1. The average molecular weight is 296 g/mol. The van der Waals surface area contributed by atoms with Crippen LogP contribution in [0.25, 0.3) is 0 Å². The van der Waals surface area contributed by atoms with Crippen LogP contribution in [-0.2, 0) is 22.0 Å². The second-order valence-corrected chi connectivity index (χ2v) is 6.31. The summed E-state index contributed by atoms with van der Waals surface area (Å²) in [4.78, 5) is 25.2. The van der Waals surface area contributed by atoms with Crippen molar-refractivity contribution in [3.63, 3.8) is 0 Å². The van der Waals surface area contributed by atoms with Crippen LogP contribution in [0.2, 0.25) is 0 Å². The molecule has 2 rings (SSSR count). The maximum Gasteiger partial charge on any atom is 0.256 e. The standard InChI is InChI=1S/C15H24N2O2S/c18-14(16-20)7-3-4-8-15(19)17-10-9-12-5-1-2-6-13(12)11-17/h12-13H,1-11H2. The molecule has 2 atom stereocenters. The van der Waals surface area contributed by atoms with Gasteiger partial charge in [-0.15, -0.1) is 4.36 Å². The van der Waals surface area contributed by atoms with Gasteiger partial charge in [-0.1, -0.05) is 19.3 Å². The topological polar surface area (TPSA) is 49.7 Å². The molecular formula is C15H24N2O2S. The van der Waals surface area contributed by atoms with Crippen molar-refractivity contribution >= 4 is 24.2 Å². The molecule has 20 heavy (non-hydrogen) atoms. The minimum Gasteiger partial charge on any atom is -0.342 e. The molecule has 1 aliphatic heterocycles. The summed E-state index contributed by atoms with van der Waals surface area (Å²) in [7, 11) is 0. The molecule has 2 amide bonds. The summed E-state index contributed by atoms with van der Waals surface area (Å²) in [5.41, 5.74) is 0. The predicted octanol–water partition coefficient (Wildman–Crippen LogP) is 2.84. The molecule has 0 radical (unpaired) electrons. The van der Waals surface area contributed by atoms with E-state index in [9.17, 15) is 9.59 Å². The quantitative estimate of drug-likeness (QED) is 0.733. The fourth-order valence-electron chi connectivity index (χ4n) is 3.58. The van der Waals surface area contributed by atoms with Gasteiger partial charge in [-0.05, 0) is 37.5 Å². The first-order chi connectivity index (χ1) is 9.70. The molecular weight excluding hydrogens is 272 g/mol. The molecule has 1 aliphatic carbocycles. The molecule has 5 heteroatoms. The van der Waals surface area contributed by atoms with Crippen molar-refractivity contribution in [1.29, 1.82) is 0 Å². The Bertz CT molecular complexity index is 373. The maximum absolute atomic E-state index is 12.2. The van der Waals surface area contributed by atoms with Crippen LogP contribution >= 0.6 is 0 Å². The number of amides is 2. The van der Waals surface area contributed by atoms with E-state index < -0.39 is 0 Å².